The molecule has 0 aromatic heterocycles. The van der Waals surface area contributed by atoms with E-state index in [4.69, 9.17) is 11.6 Å². The third-order valence-electron chi connectivity index (χ3n) is 5.19. The van der Waals surface area contributed by atoms with Gasteiger partial charge in [0.2, 0.25) is 0 Å². The Hall–Kier alpha value is -3.35. The van der Waals surface area contributed by atoms with Gasteiger partial charge in [-0.15, -0.1) is 0 Å². The molecule has 0 saturated heterocycles. The van der Waals surface area contributed by atoms with E-state index < -0.39 is 5.91 Å². The molecule has 0 bridgehead atoms. The molecule has 0 spiro atoms. The van der Waals surface area contributed by atoms with E-state index in [-0.39, 0.29) is 5.57 Å². The van der Waals surface area contributed by atoms with Gasteiger partial charge in [0.25, 0.3) is 5.91 Å². The fourth-order valence-corrected chi connectivity index (χ4v) is 3.78. The summed E-state index contributed by atoms with van der Waals surface area (Å²) in [6, 6.07) is 19.7. The molecule has 1 amide bonds. The molecule has 3 aromatic carbocycles. The lowest BCUT2D eigenvalue weighted by Gasteiger charge is -2.09. The van der Waals surface area contributed by atoms with Crippen LogP contribution in [0, 0.1) is 39.0 Å². The highest BCUT2D eigenvalue weighted by Gasteiger charge is 2.11. The first-order chi connectivity index (χ1) is 14.7. The molecule has 0 fully saturated rings. The number of nitriles is 1. The molecule has 0 aliphatic carbocycles. The largest absolute Gasteiger partial charge is 0.321 e. The van der Waals surface area contributed by atoms with Crippen LogP contribution in [0.2, 0.25) is 5.02 Å². The standard InChI is InChI=1S/C27H25ClN2O/c1-17-9-18(2)11-22(10-17)14-23-7-6-21(15-26(23)28)13-24(16-29)27(31)30-25-8-5-19(3)20(4)12-25/h5-13,15H,14H2,1-4H3,(H,30,31)/b24-13+. The lowest BCUT2D eigenvalue weighted by Crippen LogP contribution is -2.13. The average molecular weight is 429 g/mol. The summed E-state index contributed by atoms with van der Waals surface area (Å²) in [6.45, 7) is 8.15. The predicted octanol–water partition coefficient (Wildman–Crippen LogP) is 6.71. The van der Waals surface area contributed by atoms with Crippen molar-refractivity contribution in [2.75, 3.05) is 5.32 Å². The molecule has 0 aliphatic rings. The second kappa shape index (κ2) is 9.64. The number of nitrogens with one attached hydrogen (secondary N) is 1. The molecule has 1 N–H and O–H groups in total. The molecule has 0 unspecified atom stereocenters. The molecule has 156 valence electrons. The molecule has 31 heavy (non-hydrogen) atoms. The summed E-state index contributed by atoms with van der Waals surface area (Å²) in [6.07, 6.45) is 2.28. The van der Waals surface area contributed by atoms with Crippen molar-refractivity contribution in [1.29, 1.82) is 5.26 Å². The van der Waals surface area contributed by atoms with Gasteiger partial charge in [-0.05, 0) is 86.2 Å². The summed E-state index contributed by atoms with van der Waals surface area (Å²) in [7, 11) is 0. The molecule has 0 atom stereocenters. The number of anilines is 1. The van der Waals surface area contributed by atoms with Gasteiger partial charge in [-0.2, -0.15) is 5.26 Å². The summed E-state index contributed by atoms with van der Waals surface area (Å²) >= 11 is 6.51. The van der Waals surface area contributed by atoms with Crippen LogP contribution in [0.5, 0.6) is 0 Å². The Morgan fingerprint density at radius 2 is 1.68 bits per heavy atom. The summed E-state index contributed by atoms with van der Waals surface area (Å²) in [5.41, 5.74) is 8.26. The lowest BCUT2D eigenvalue weighted by molar-refractivity contribution is -0.112. The first kappa shape index (κ1) is 22.3. The zero-order valence-corrected chi connectivity index (χ0v) is 19.0. The van der Waals surface area contributed by atoms with Crippen LogP contribution < -0.4 is 5.32 Å². The van der Waals surface area contributed by atoms with Gasteiger partial charge >= 0.3 is 0 Å². The second-order valence-electron chi connectivity index (χ2n) is 7.95. The van der Waals surface area contributed by atoms with Crippen LogP contribution in [0.25, 0.3) is 6.08 Å². The summed E-state index contributed by atoms with van der Waals surface area (Å²) in [4.78, 5) is 12.6. The normalized spacial score (nSPS) is 11.2. The molecule has 3 aromatic rings. The third-order valence-corrected chi connectivity index (χ3v) is 5.55. The van der Waals surface area contributed by atoms with Gasteiger partial charge in [-0.25, -0.2) is 0 Å². The second-order valence-corrected chi connectivity index (χ2v) is 8.35. The zero-order chi connectivity index (χ0) is 22.5. The Bertz CT molecular complexity index is 1200. The lowest BCUT2D eigenvalue weighted by atomic mass is 9.99. The minimum absolute atomic E-state index is 0.0244. The average Bonchev–Trinajstić information content (AvgIpc) is 2.70. The molecular formula is C27H25ClN2O. The van der Waals surface area contributed by atoms with E-state index in [1.54, 1.807) is 12.1 Å². The van der Waals surface area contributed by atoms with Crippen molar-refractivity contribution in [1.82, 2.24) is 0 Å². The van der Waals surface area contributed by atoms with Crippen molar-refractivity contribution in [3.8, 4) is 6.07 Å². The maximum absolute atomic E-state index is 12.6. The minimum Gasteiger partial charge on any atom is -0.321 e. The first-order valence-corrected chi connectivity index (χ1v) is 10.5. The Morgan fingerprint density at radius 1 is 0.968 bits per heavy atom. The molecule has 4 heteroatoms. The molecule has 3 rings (SSSR count). The monoisotopic (exact) mass is 428 g/mol. The number of aryl methyl sites for hydroxylation is 4. The topological polar surface area (TPSA) is 52.9 Å². The van der Waals surface area contributed by atoms with Gasteiger partial charge in [0.05, 0.1) is 0 Å². The van der Waals surface area contributed by atoms with E-state index >= 15 is 0 Å². The third kappa shape index (κ3) is 5.84. The van der Waals surface area contributed by atoms with Crippen LogP contribution in [0.3, 0.4) is 0 Å². The van der Waals surface area contributed by atoms with E-state index in [1.807, 2.05) is 50.2 Å². The summed E-state index contributed by atoms with van der Waals surface area (Å²) < 4.78 is 0. The highest BCUT2D eigenvalue weighted by atomic mass is 35.5. The number of halogens is 1. The van der Waals surface area contributed by atoms with Gasteiger partial charge in [0, 0.05) is 10.7 Å². The van der Waals surface area contributed by atoms with E-state index in [0.29, 0.717) is 16.3 Å². The van der Waals surface area contributed by atoms with Crippen LogP contribution in [0.15, 0.2) is 60.2 Å². The van der Waals surface area contributed by atoms with Crippen LogP contribution in [0.1, 0.15) is 38.9 Å². The molecule has 3 nitrogen and oxygen atoms in total. The number of hydrogen-bond donors (Lipinski definition) is 1. The number of benzene rings is 3. The van der Waals surface area contributed by atoms with Crippen LogP contribution in [-0.4, -0.2) is 5.91 Å². The quantitative estimate of drug-likeness (QED) is 0.362. The van der Waals surface area contributed by atoms with E-state index in [0.717, 1.165) is 23.1 Å². The van der Waals surface area contributed by atoms with E-state index in [2.05, 4.69) is 37.4 Å². The van der Waals surface area contributed by atoms with Gasteiger partial charge < -0.3 is 5.32 Å². The predicted molar refractivity (Wildman–Crippen MR) is 128 cm³/mol. The van der Waals surface area contributed by atoms with Gasteiger partial charge in [0.1, 0.15) is 11.6 Å². The van der Waals surface area contributed by atoms with Crippen LogP contribution >= 0.6 is 11.6 Å². The Kier molecular flexibility index (Phi) is 6.95. The van der Waals surface area contributed by atoms with Crippen molar-refractivity contribution in [3.63, 3.8) is 0 Å². The number of carbonyl (C=O) groups excluding carboxylic acids is 1. The SMILES string of the molecule is Cc1cc(C)cc(Cc2ccc(/C=C(\C#N)C(=O)Nc3ccc(C)c(C)c3)cc2Cl)c1. The number of amides is 1. The zero-order valence-electron chi connectivity index (χ0n) is 18.2. The van der Waals surface area contributed by atoms with Gasteiger partial charge in [-0.3, -0.25) is 4.79 Å². The van der Waals surface area contributed by atoms with Crippen molar-refractivity contribution in [2.24, 2.45) is 0 Å². The van der Waals surface area contributed by atoms with Crippen LogP contribution in [-0.2, 0) is 11.2 Å². The fraction of sp³-hybridized carbons (Fsp3) is 0.185. The number of hydrogen-bond acceptors (Lipinski definition) is 2. The number of nitrogens with zero attached hydrogens (tertiary/aromatic N) is 1. The molecule has 0 aliphatic heterocycles. The maximum atomic E-state index is 12.6. The first-order valence-electron chi connectivity index (χ1n) is 10.1. The van der Waals surface area contributed by atoms with Crippen molar-refractivity contribution < 1.29 is 4.79 Å². The van der Waals surface area contributed by atoms with Crippen molar-refractivity contribution >= 4 is 29.3 Å². The smallest absolute Gasteiger partial charge is 0.266 e. The van der Waals surface area contributed by atoms with Crippen molar-refractivity contribution in [2.45, 2.75) is 34.1 Å². The molecule has 0 radical (unpaired) electrons. The van der Waals surface area contributed by atoms with Crippen molar-refractivity contribution in [3.05, 3.63) is 104 Å². The molecular weight excluding hydrogens is 404 g/mol. The maximum Gasteiger partial charge on any atom is 0.266 e. The van der Waals surface area contributed by atoms with E-state index in [9.17, 15) is 10.1 Å². The highest BCUT2D eigenvalue weighted by molar-refractivity contribution is 6.31. The Morgan fingerprint density at radius 3 is 2.29 bits per heavy atom. The van der Waals surface area contributed by atoms with Crippen LogP contribution in [0.4, 0.5) is 5.69 Å². The highest BCUT2D eigenvalue weighted by Crippen LogP contribution is 2.24. The Balaban J connectivity index is 1.79. The summed E-state index contributed by atoms with van der Waals surface area (Å²) in [5.74, 6) is -0.443. The minimum atomic E-state index is -0.443. The summed E-state index contributed by atoms with van der Waals surface area (Å²) in [5, 5.41) is 12.9. The number of carbonyl (C=O) groups is 1. The number of rotatable bonds is 5. The Labute approximate surface area is 189 Å². The molecule has 0 saturated carbocycles. The molecule has 0 heterocycles. The van der Waals surface area contributed by atoms with Gasteiger partial charge in [-0.1, -0.05) is 59.1 Å². The van der Waals surface area contributed by atoms with Gasteiger partial charge in [0.15, 0.2) is 0 Å². The van der Waals surface area contributed by atoms with E-state index in [1.165, 1.54) is 16.7 Å². The fourth-order valence-electron chi connectivity index (χ4n) is 3.52.